The fourth-order valence-electron chi connectivity index (χ4n) is 4.43. The van der Waals surface area contributed by atoms with Gasteiger partial charge in [0.15, 0.2) is 0 Å². The lowest BCUT2D eigenvalue weighted by atomic mass is 9.98. The van der Waals surface area contributed by atoms with E-state index < -0.39 is 0 Å². The lowest BCUT2D eigenvalue weighted by Crippen LogP contribution is -2.26. The predicted octanol–water partition coefficient (Wildman–Crippen LogP) is 4.98. The topological polar surface area (TPSA) is 58.5 Å². The van der Waals surface area contributed by atoms with E-state index in [0.29, 0.717) is 13.0 Å². The van der Waals surface area contributed by atoms with Gasteiger partial charge >= 0.3 is 0 Å². The standard InChI is InChI=1S/C28H26N4O/c1-20-8-7-13-26(30-20)27(19-22-14-16-29-25-12-6-5-11-24(22)25)31-32-17-15-23(28(32)33)18-21-9-3-2-4-10-21/h2-14,16,23H,15,17-19H2,1H3. The van der Waals surface area contributed by atoms with Crippen LogP contribution in [0.1, 0.15) is 28.9 Å². The zero-order valence-corrected chi connectivity index (χ0v) is 18.7. The number of benzene rings is 2. The quantitative estimate of drug-likeness (QED) is 0.402. The van der Waals surface area contributed by atoms with Gasteiger partial charge in [-0.1, -0.05) is 54.6 Å². The average Bonchev–Trinajstić information content (AvgIpc) is 3.18. The zero-order chi connectivity index (χ0) is 22.6. The third kappa shape index (κ3) is 4.67. The van der Waals surface area contributed by atoms with Crippen LogP contribution >= 0.6 is 0 Å². The first kappa shape index (κ1) is 21.0. The first-order chi connectivity index (χ1) is 16.2. The molecule has 2 aromatic carbocycles. The van der Waals surface area contributed by atoms with Gasteiger partial charge in [-0.2, -0.15) is 5.10 Å². The second kappa shape index (κ2) is 9.33. The molecular weight excluding hydrogens is 408 g/mol. The first-order valence-corrected chi connectivity index (χ1v) is 11.4. The lowest BCUT2D eigenvalue weighted by molar-refractivity contribution is -0.130. The van der Waals surface area contributed by atoms with Crippen molar-refractivity contribution in [3.8, 4) is 0 Å². The van der Waals surface area contributed by atoms with Crippen LogP contribution < -0.4 is 0 Å². The Balaban J connectivity index is 1.46. The average molecular weight is 435 g/mol. The van der Waals surface area contributed by atoms with Gasteiger partial charge in [0, 0.05) is 36.2 Å². The van der Waals surface area contributed by atoms with Gasteiger partial charge in [-0.3, -0.25) is 14.8 Å². The van der Waals surface area contributed by atoms with Crippen molar-refractivity contribution in [2.24, 2.45) is 11.0 Å². The van der Waals surface area contributed by atoms with Crippen LogP contribution in [-0.2, 0) is 17.6 Å². The van der Waals surface area contributed by atoms with E-state index in [-0.39, 0.29) is 11.8 Å². The van der Waals surface area contributed by atoms with Crippen LogP contribution in [0.2, 0.25) is 0 Å². The van der Waals surface area contributed by atoms with E-state index in [2.05, 4.69) is 23.2 Å². The van der Waals surface area contributed by atoms with E-state index in [9.17, 15) is 4.79 Å². The number of amides is 1. The van der Waals surface area contributed by atoms with Gasteiger partial charge < -0.3 is 0 Å². The van der Waals surface area contributed by atoms with Crippen molar-refractivity contribution in [3.63, 3.8) is 0 Å². The SMILES string of the molecule is Cc1cccc(C(Cc2ccnc3ccccc23)=NN2CCC(Cc3ccccc3)C2=O)n1. The Morgan fingerprint density at radius 3 is 2.67 bits per heavy atom. The van der Waals surface area contributed by atoms with Gasteiger partial charge in [-0.05, 0) is 55.2 Å². The smallest absolute Gasteiger partial charge is 0.246 e. The Morgan fingerprint density at radius 1 is 1.00 bits per heavy atom. The van der Waals surface area contributed by atoms with E-state index in [1.54, 1.807) is 5.01 Å². The van der Waals surface area contributed by atoms with Crippen molar-refractivity contribution in [2.45, 2.75) is 26.2 Å². The molecule has 3 heterocycles. The summed E-state index contributed by atoms with van der Waals surface area (Å²) in [5, 5.41) is 7.62. The Kier molecular flexibility index (Phi) is 5.94. The number of rotatable bonds is 6. The summed E-state index contributed by atoms with van der Waals surface area (Å²) < 4.78 is 0. The molecule has 0 spiro atoms. The van der Waals surface area contributed by atoms with Gasteiger partial charge in [0.1, 0.15) is 0 Å². The lowest BCUT2D eigenvalue weighted by Gasteiger charge is -2.15. The minimum Gasteiger partial charge on any atom is -0.273 e. The van der Waals surface area contributed by atoms with Crippen LogP contribution in [0.4, 0.5) is 0 Å². The molecule has 0 radical (unpaired) electrons. The summed E-state index contributed by atoms with van der Waals surface area (Å²) in [5.41, 5.74) is 5.78. The molecule has 33 heavy (non-hydrogen) atoms. The molecule has 0 aliphatic carbocycles. The summed E-state index contributed by atoms with van der Waals surface area (Å²) in [6.45, 7) is 2.60. The van der Waals surface area contributed by atoms with E-state index in [0.717, 1.165) is 46.4 Å². The minimum absolute atomic E-state index is 0.0374. The molecule has 4 aromatic rings. The Hall–Kier alpha value is -3.86. The van der Waals surface area contributed by atoms with Crippen molar-refractivity contribution in [1.29, 1.82) is 0 Å². The van der Waals surface area contributed by atoms with E-state index >= 15 is 0 Å². The monoisotopic (exact) mass is 434 g/mol. The maximum Gasteiger partial charge on any atom is 0.246 e. The highest BCUT2D eigenvalue weighted by Gasteiger charge is 2.32. The molecule has 5 nitrogen and oxygen atoms in total. The number of hydrogen-bond acceptors (Lipinski definition) is 4. The first-order valence-electron chi connectivity index (χ1n) is 11.4. The molecular formula is C28H26N4O. The van der Waals surface area contributed by atoms with Crippen LogP contribution in [0.15, 0.2) is 90.2 Å². The number of aromatic nitrogens is 2. The van der Waals surface area contributed by atoms with Gasteiger partial charge in [0.05, 0.1) is 16.9 Å². The van der Waals surface area contributed by atoms with Crippen molar-refractivity contribution in [1.82, 2.24) is 15.0 Å². The number of aryl methyl sites for hydroxylation is 1. The van der Waals surface area contributed by atoms with Crippen molar-refractivity contribution in [2.75, 3.05) is 6.54 Å². The maximum absolute atomic E-state index is 13.2. The number of pyridine rings is 2. The summed E-state index contributed by atoms with van der Waals surface area (Å²) in [5.74, 6) is 0.0493. The van der Waals surface area contributed by atoms with Crippen molar-refractivity contribution in [3.05, 3.63) is 108 Å². The highest BCUT2D eigenvalue weighted by atomic mass is 16.2. The van der Waals surface area contributed by atoms with Crippen molar-refractivity contribution < 1.29 is 4.79 Å². The highest BCUT2D eigenvalue weighted by Crippen LogP contribution is 2.24. The molecule has 5 rings (SSSR count). The highest BCUT2D eigenvalue weighted by molar-refractivity contribution is 6.02. The molecule has 0 bridgehead atoms. The van der Waals surface area contributed by atoms with Crippen molar-refractivity contribution >= 4 is 22.5 Å². The van der Waals surface area contributed by atoms with Crippen LogP contribution in [-0.4, -0.2) is 33.1 Å². The fraction of sp³-hybridized carbons (Fsp3) is 0.214. The van der Waals surface area contributed by atoms with Gasteiger partial charge in [-0.25, -0.2) is 5.01 Å². The Bertz CT molecular complexity index is 1310. The zero-order valence-electron chi connectivity index (χ0n) is 18.7. The fourth-order valence-corrected chi connectivity index (χ4v) is 4.43. The van der Waals surface area contributed by atoms with Gasteiger partial charge in [0.2, 0.25) is 5.91 Å². The van der Waals surface area contributed by atoms with E-state index in [4.69, 9.17) is 10.1 Å². The predicted molar refractivity (Wildman–Crippen MR) is 131 cm³/mol. The van der Waals surface area contributed by atoms with Crippen LogP contribution in [0, 0.1) is 12.8 Å². The van der Waals surface area contributed by atoms with Gasteiger partial charge in [0.25, 0.3) is 0 Å². The normalized spacial score (nSPS) is 16.5. The number of carbonyl (C=O) groups excluding carboxylic acids is 1. The third-order valence-electron chi connectivity index (χ3n) is 6.14. The molecule has 1 amide bonds. The third-order valence-corrected chi connectivity index (χ3v) is 6.14. The maximum atomic E-state index is 13.2. The second-order valence-corrected chi connectivity index (χ2v) is 8.51. The van der Waals surface area contributed by atoms with E-state index in [1.165, 1.54) is 5.56 Å². The molecule has 164 valence electrons. The van der Waals surface area contributed by atoms with Gasteiger partial charge in [-0.15, -0.1) is 0 Å². The molecule has 0 saturated carbocycles. The molecule has 5 heteroatoms. The summed E-state index contributed by atoms with van der Waals surface area (Å²) in [6.07, 6.45) is 3.96. The number of carbonyl (C=O) groups is 1. The Labute approximate surface area is 193 Å². The molecule has 1 saturated heterocycles. The van der Waals surface area contributed by atoms with Crippen LogP contribution in [0.5, 0.6) is 0 Å². The Morgan fingerprint density at radius 2 is 1.82 bits per heavy atom. The summed E-state index contributed by atoms with van der Waals surface area (Å²) >= 11 is 0. The number of hydrazone groups is 1. The second-order valence-electron chi connectivity index (χ2n) is 8.51. The molecule has 1 atom stereocenters. The molecule has 1 aliphatic heterocycles. The molecule has 1 aliphatic rings. The summed E-state index contributed by atoms with van der Waals surface area (Å²) in [7, 11) is 0. The number of fused-ring (bicyclic) bond motifs is 1. The minimum atomic E-state index is -0.0374. The van der Waals surface area contributed by atoms with E-state index in [1.807, 2.05) is 73.8 Å². The number of nitrogens with zero attached hydrogens (tertiary/aromatic N) is 4. The summed E-state index contributed by atoms with van der Waals surface area (Å²) in [4.78, 5) is 22.4. The molecule has 1 fully saturated rings. The number of hydrogen-bond donors (Lipinski definition) is 0. The summed E-state index contributed by atoms with van der Waals surface area (Å²) in [6, 6.07) is 26.3. The van der Waals surface area contributed by atoms with Crippen LogP contribution in [0.3, 0.4) is 0 Å². The largest absolute Gasteiger partial charge is 0.273 e. The molecule has 1 unspecified atom stereocenters. The number of para-hydroxylation sites is 1. The molecule has 0 N–H and O–H groups in total. The molecule has 2 aromatic heterocycles. The van der Waals surface area contributed by atoms with Crippen LogP contribution in [0.25, 0.3) is 10.9 Å².